The molecule has 0 bridgehead atoms. The largest absolute Gasteiger partial charge is 0.481 e. The number of aromatic nitrogens is 2. The number of aliphatic carboxylic acids is 1. The van der Waals surface area contributed by atoms with Crippen molar-refractivity contribution in [2.75, 3.05) is 5.32 Å². The molecule has 0 radical (unpaired) electrons. The van der Waals surface area contributed by atoms with Gasteiger partial charge in [-0.15, -0.1) is 0 Å². The van der Waals surface area contributed by atoms with Gasteiger partial charge in [0.25, 0.3) is 5.91 Å². The molecule has 0 atom stereocenters. The molecule has 0 aliphatic rings. The van der Waals surface area contributed by atoms with Crippen LogP contribution in [-0.4, -0.2) is 27.2 Å². The molecule has 0 fully saturated rings. The quantitative estimate of drug-likeness (QED) is 0.675. The minimum Gasteiger partial charge on any atom is -0.481 e. The molecule has 0 saturated heterocycles. The highest BCUT2D eigenvalue weighted by molar-refractivity contribution is 6.11. The fourth-order valence-corrected chi connectivity index (χ4v) is 2.33. The van der Waals surface area contributed by atoms with Crippen LogP contribution in [0.3, 0.4) is 0 Å². The van der Waals surface area contributed by atoms with Gasteiger partial charge in [-0.05, 0) is 30.2 Å². The average Bonchev–Trinajstić information content (AvgIpc) is 2.98. The van der Waals surface area contributed by atoms with Gasteiger partial charge < -0.3 is 10.4 Å². The molecular weight excluding hydrogens is 294 g/mol. The molecule has 116 valence electrons. The van der Waals surface area contributed by atoms with Gasteiger partial charge in [0.15, 0.2) is 5.69 Å². The van der Waals surface area contributed by atoms with Crippen molar-refractivity contribution in [2.45, 2.75) is 12.8 Å². The van der Waals surface area contributed by atoms with E-state index < -0.39 is 5.97 Å². The maximum Gasteiger partial charge on any atom is 0.303 e. The number of para-hydroxylation sites is 1. The van der Waals surface area contributed by atoms with Crippen LogP contribution in [0, 0.1) is 0 Å². The van der Waals surface area contributed by atoms with E-state index in [-0.39, 0.29) is 12.3 Å². The maximum absolute atomic E-state index is 12.3. The van der Waals surface area contributed by atoms with E-state index in [1.165, 1.54) is 0 Å². The van der Waals surface area contributed by atoms with E-state index in [1.807, 2.05) is 24.3 Å². The summed E-state index contributed by atoms with van der Waals surface area (Å²) in [5, 5.41) is 19.1. The first-order chi connectivity index (χ1) is 11.1. The van der Waals surface area contributed by atoms with Gasteiger partial charge in [-0.1, -0.05) is 30.3 Å². The first-order valence-corrected chi connectivity index (χ1v) is 7.18. The predicted octanol–water partition coefficient (Wildman–Crippen LogP) is 2.83. The second-order valence-corrected chi connectivity index (χ2v) is 5.16. The Balaban J connectivity index is 1.71. The number of aromatic amines is 1. The molecule has 0 aliphatic heterocycles. The molecule has 6 nitrogen and oxygen atoms in total. The summed E-state index contributed by atoms with van der Waals surface area (Å²) >= 11 is 0. The number of carbonyl (C=O) groups is 2. The number of rotatable bonds is 5. The molecule has 0 saturated carbocycles. The SMILES string of the molecule is O=C(O)CCc1ccc(NC(=O)c2n[nH]c3ccccc23)cc1. The van der Waals surface area contributed by atoms with Crippen LogP contribution < -0.4 is 5.32 Å². The Hall–Kier alpha value is -3.15. The van der Waals surface area contributed by atoms with E-state index in [1.54, 1.807) is 24.3 Å². The summed E-state index contributed by atoms with van der Waals surface area (Å²) < 4.78 is 0. The summed E-state index contributed by atoms with van der Waals surface area (Å²) in [5.74, 6) is -1.12. The van der Waals surface area contributed by atoms with Crippen LogP contribution in [0.5, 0.6) is 0 Å². The summed E-state index contributed by atoms with van der Waals surface area (Å²) in [6.07, 6.45) is 0.554. The lowest BCUT2D eigenvalue weighted by Gasteiger charge is -2.05. The molecule has 3 N–H and O–H groups in total. The van der Waals surface area contributed by atoms with E-state index in [2.05, 4.69) is 15.5 Å². The van der Waals surface area contributed by atoms with Crippen LogP contribution in [-0.2, 0) is 11.2 Å². The number of aryl methyl sites for hydroxylation is 1. The van der Waals surface area contributed by atoms with Crippen molar-refractivity contribution in [1.82, 2.24) is 10.2 Å². The van der Waals surface area contributed by atoms with E-state index in [0.29, 0.717) is 17.8 Å². The zero-order chi connectivity index (χ0) is 16.2. The van der Waals surface area contributed by atoms with Gasteiger partial charge in [-0.25, -0.2) is 0 Å². The van der Waals surface area contributed by atoms with Crippen molar-refractivity contribution in [2.24, 2.45) is 0 Å². The second-order valence-electron chi connectivity index (χ2n) is 5.16. The van der Waals surface area contributed by atoms with E-state index in [0.717, 1.165) is 16.5 Å². The van der Waals surface area contributed by atoms with Crippen LogP contribution in [0.2, 0.25) is 0 Å². The Kier molecular flexibility index (Phi) is 4.05. The Morgan fingerprint density at radius 1 is 1.09 bits per heavy atom. The third-order valence-electron chi connectivity index (χ3n) is 3.52. The van der Waals surface area contributed by atoms with Crippen molar-refractivity contribution in [3.63, 3.8) is 0 Å². The monoisotopic (exact) mass is 309 g/mol. The molecule has 3 aromatic rings. The number of H-pyrrole nitrogens is 1. The van der Waals surface area contributed by atoms with Gasteiger partial charge in [-0.3, -0.25) is 14.7 Å². The van der Waals surface area contributed by atoms with Crippen molar-refractivity contribution < 1.29 is 14.7 Å². The summed E-state index contributed by atoms with van der Waals surface area (Å²) in [7, 11) is 0. The summed E-state index contributed by atoms with van der Waals surface area (Å²) in [6, 6.07) is 14.5. The highest BCUT2D eigenvalue weighted by Gasteiger charge is 2.13. The summed E-state index contributed by atoms with van der Waals surface area (Å²) in [5.41, 5.74) is 2.70. The minimum absolute atomic E-state index is 0.0883. The minimum atomic E-state index is -0.826. The van der Waals surface area contributed by atoms with Gasteiger partial charge in [-0.2, -0.15) is 5.10 Å². The van der Waals surface area contributed by atoms with E-state index >= 15 is 0 Å². The number of hydrogen-bond acceptors (Lipinski definition) is 3. The van der Waals surface area contributed by atoms with E-state index in [9.17, 15) is 9.59 Å². The van der Waals surface area contributed by atoms with Crippen molar-refractivity contribution >= 4 is 28.5 Å². The van der Waals surface area contributed by atoms with Crippen molar-refractivity contribution in [3.8, 4) is 0 Å². The van der Waals surface area contributed by atoms with Crippen molar-refractivity contribution in [3.05, 3.63) is 59.8 Å². The smallest absolute Gasteiger partial charge is 0.303 e. The Morgan fingerprint density at radius 2 is 1.83 bits per heavy atom. The zero-order valence-electron chi connectivity index (χ0n) is 12.2. The van der Waals surface area contributed by atoms with Crippen LogP contribution >= 0.6 is 0 Å². The third kappa shape index (κ3) is 3.37. The number of fused-ring (bicyclic) bond motifs is 1. The number of amides is 1. The molecule has 6 heteroatoms. The average molecular weight is 309 g/mol. The molecule has 1 aromatic heterocycles. The maximum atomic E-state index is 12.3. The number of anilines is 1. The normalized spacial score (nSPS) is 10.6. The molecular formula is C17H15N3O3. The zero-order valence-corrected chi connectivity index (χ0v) is 12.2. The Bertz CT molecular complexity index is 853. The van der Waals surface area contributed by atoms with Crippen LogP contribution in [0.25, 0.3) is 10.9 Å². The number of carboxylic acid groups (broad SMARTS) is 1. The lowest BCUT2D eigenvalue weighted by molar-refractivity contribution is -0.136. The standard InChI is InChI=1S/C17H15N3O3/c21-15(22)10-7-11-5-8-12(9-6-11)18-17(23)16-13-3-1-2-4-14(13)19-20-16/h1-6,8-9H,7,10H2,(H,18,23)(H,19,20)(H,21,22). The first-order valence-electron chi connectivity index (χ1n) is 7.18. The van der Waals surface area contributed by atoms with Crippen LogP contribution in [0.1, 0.15) is 22.5 Å². The van der Waals surface area contributed by atoms with Gasteiger partial charge >= 0.3 is 5.97 Å². The first kappa shape index (κ1) is 14.8. The molecule has 0 spiro atoms. The second kappa shape index (κ2) is 6.31. The van der Waals surface area contributed by atoms with Crippen LogP contribution in [0.4, 0.5) is 5.69 Å². The van der Waals surface area contributed by atoms with E-state index in [4.69, 9.17) is 5.11 Å². The molecule has 3 rings (SSSR count). The summed E-state index contributed by atoms with van der Waals surface area (Å²) in [4.78, 5) is 22.9. The van der Waals surface area contributed by atoms with Gasteiger partial charge in [0.2, 0.25) is 0 Å². The molecule has 1 heterocycles. The van der Waals surface area contributed by atoms with Crippen molar-refractivity contribution in [1.29, 1.82) is 0 Å². The number of nitrogens with zero attached hydrogens (tertiary/aromatic N) is 1. The number of benzene rings is 2. The lowest BCUT2D eigenvalue weighted by Crippen LogP contribution is -2.12. The third-order valence-corrected chi connectivity index (χ3v) is 3.52. The topological polar surface area (TPSA) is 95.1 Å². The van der Waals surface area contributed by atoms with Gasteiger partial charge in [0.05, 0.1) is 5.52 Å². The number of carboxylic acids is 1. The molecule has 2 aromatic carbocycles. The highest BCUT2D eigenvalue weighted by Crippen LogP contribution is 2.17. The van der Waals surface area contributed by atoms with Gasteiger partial charge in [0, 0.05) is 17.5 Å². The fraction of sp³-hybridized carbons (Fsp3) is 0.118. The molecule has 0 aliphatic carbocycles. The highest BCUT2D eigenvalue weighted by atomic mass is 16.4. The molecule has 23 heavy (non-hydrogen) atoms. The molecule has 1 amide bonds. The lowest BCUT2D eigenvalue weighted by atomic mass is 10.1. The molecule has 0 unspecified atom stereocenters. The van der Waals surface area contributed by atoms with Crippen LogP contribution in [0.15, 0.2) is 48.5 Å². The Labute approximate surface area is 132 Å². The Morgan fingerprint density at radius 3 is 2.57 bits per heavy atom. The summed E-state index contributed by atoms with van der Waals surface area (Å²) in [6.45, 7) is 0. The number of hydrogen-bond donors (Lipinski definition) is 3. The number of carbonyl (C=O) groups excluding carboxylic acids is 1. The number of nitrogens with one attached hydrogen (secondary N) is 2. The fourth-order valence-electron chi connectivity index (χ4n) is 2.33. The predicted molar refractivity (Wildman–Crippen MR) is 86.4 cm³/mol. The van der Waals surface area contributed by atoms with Gasteiger partial charge in [0.1, 0.15) is 0 Å².